The van der Waals surface area contributed by atoms with Crippen molar-refractivity contribution in [1.29, 1.82) is 0 Å². The smallest absolute Gasteiger partial charge is 0.158 e. The lowest BCUT2D eigenvalue weighted by Gasteiger charge is -2.25. The average molecular weight is 162 g/mol. The van der Waals surface area contributed by atoms with Gasteiger partial charge >= 0.3 is 0 Å². The number of hydrogen-bond donors (Lipinski definition) is 3. The van der Waals surface area contributed by atoms with Crippen LogP contribution in [-0.2, 0) is 4.74 Å². The standard InChI is InChI=1S/C7H14O4/c1-4(8)6-7(2,10)3-5(9)11-6/h4-6,8-10H,3H2,1-2H3/t4-,5+,6-,7+/m0/s1. The molecule has 0 aromatic carbocycles. The van der Waals surface area contributed by atoms with E-state index in [0.717, 1.165) is 0 Å². The maximum Gasteiger partial charge on any atom is 0.158 e. The highest BCUT2D eigenvalue weighted by Gasteiger charge is 2.45. The van der Waals surface area contributed by atoms with E-state index < -0.39 is 24.1 Å². The Bertz CT molecular complexity index is 143. The van der Waals surface area contributed by atoms with Crippen LogP contribution >= 0.6 is 0 Å². The topological polar surface area (TPSA) is 69.9 Å². The second-order valence-electron chi connectivity index (χ2n) is 3.31. The van der Waals surface area contributed by atoms with E-state index in [4.69, 9.17) is 14.9 Å². The molecule has 0 bridgehead atoms. The van der Waals surface area contributed by atoms with E-state index in [9.17, 15) is 5.11 Å². The highest BCUT2D eigenvalue weighted by molar-refractivity contribution is 4.92. The lowest BCUT2D eigenvalue weighted by molar-refractivity contribution is -0.138. The van der Waals surface area contributed by atoms with E-state index in [1.807, 2.05) is 0 Å². The summed E-state index contributed by atoms with van der Waals surface area (Å²) in [6.45, 7) is 3.07. The van der Waals surface area contributed by atoms with Gasteiger partial charge in [0, 0.05) is 6.42 Å². The van der Waals surface area contributed by atoms with E-state index in [1.54, 1.807) is 6.92 Å². The lowest BCUT2D eigenvalue weighted by atomic mass is 9.95. The van der Waals surface area contributed by atoms with Crippen LogP contribution in [0.1, 0.15) is 20.3 Å². The van der Waals surface area contributed by atoms with Gasteiger partial charge in [0.1, 0.15) is 6.10 Å². The molecule has 1 rings (SSSR count). The predicted octanol–water partition coefficient (Wildman–Crippen LogP) is -0.774. The van der Waals surface area contributed by atoms with Crippen molar-refractivity contribution in [2.45, 2.75) is 44.4 Å². The van der Waals surface area contributed by atoms with E-state index >= 15 is 0 Å². The van der Waals surface area contributed by atoms with Gasteiger partial charge in [0.05, 0.1) is 11.7 Å². The predicted molar refractivity (Wildman–Crippen MR) is 37.8 cm³/mol. The second kappa shape index (κ2) is 2.71. The summed E-state index contributed by atoms with van der Waals surface area (Å²) in [5.41, 5.74) is -1.12. The molecule has 1 aliphatic heterocycles. The van der Waals surface area contributed by atoms with Gasteiger partial charge in [-0.15, -0.1) is 0 Å². The van der Waals surface area contributed by atoms with Crippen molar-refractivity contribution >= 4 is 0 Å². The van der Waals surface area contributed by atoms with Crippen molar-refractivity contribution in [3.8, 4) is 0 Å². The van der Waals surface area contributed by atoms with E-state index in [1.165, 1.54) is 6.92 Å². The molecule has 3 N–H and O–H groups in total. The third-order valence-corrected chi connectivity index (χ3v) is 1.94. The van der Waals surface area contributed by atoms with Gasteiger partial charge in [-0.3, -0.25) is 0 Å². The Morgan fingerprint density at radius 1 is 1.64 bits per heavy atom. The summed E-state index contributed by atoms with van der Waals surface area (Å²) in [6, 6.07) is 0. The Balaban J connectivity index is 2.66. The number of hydrogen-bond acceptors (Lipinski definition) is 4. The molecule has 1 heterocycles. The fourth-order valence-corrected chi connectivity index (χ4v) is 1.47. The molecule has 66 valence electrons. The van der Waals surface area contributed by atoms with Crippen molar-refractivity contribution in [1.82, 2.24) is 0 Å². The second-order valence-corrected chi connectivity index (χ2v) is 3.31. The molecule has 0 amide bonds. The first-order valence-corrected chi connectivity index (χ1v) is 3.67. The summed E-state index contributed by atoms with van der Waals surface area (Å²) in [6.07, 6.45) is -2.24. The highest BCUT2D eigenvalue weighted by atomic mass is 16.6. The maximum absolute atomic E-state index is 9.55. The molecule has 4 heteroatoms. The molecule has 4 nitrogen and oxygen atoms in total. The fourth-order valence-electron chi connectivity index (χ4n) is 1.47. The minimum Gasteiger partial charge on any atom is -0.391 e. The van der Waals surface area contributed by atoms with Crippen LogP contribution in [0.15, 0.2) is 0 Å². The van der Waals surface area contributed by atoms with Crippen molar-refractivity contribution in [3.63, 3.8) is 0 Å². The van der Waals surface area contributed by atoms with Gasteiger partial charge in [-0.05, 0) is 13.8 Å². The zero-order chi connectivity index (χ0) is 8.65. The highest BCUT2D eigenvalue weighted by Crippen LogP contribution is 2.30. The lowest BCUT2D eigenvalue weighted by Crippen LogP contribution is -2.41. The zero-order valence-corrected chi connectivity index (χ0v) is 6.69. The SMILES string of the molecule is C[C@H](O)[C@@H]1O[C@@H](O)C[C@@]1(C)O. The summed E-state index contributed by atoms with van der Waals surface area (Å²) < 4.78 is 4.89. The molecule has 1 aliphatic rings. The van der Waals surface area contributed by atoms with Crippen LogP contribution in [0.4, 0.5) is 0 Å². The van der Waals surface area contributed by atoms with Crippen LogP contribution in [0.2, 0.25) is 0 Å². The average Bonchev–Trinajstić information content (AvgIpc) is 2.04. The molecule has 0 aromatic rings. The third kappa shape index (κ3) is 1.70. The normalized spacial score (nSPS) is 47.7. The van der Waals surface area contributed by atoms with Crippen LogP contribution in [0.25, 0.3) is 0 Å². The summed E-state index contributed by atoms with van der Waals surface area (Å²) in [4.78, 5) is 0. The Hall–Kier alpha value is -0.160. The van der Waals surface area contributed by atoms with Crippen molar-refractivity contribution < 1.29 is 20.1 Å². The summed E-state index contributed by atoms with van der Waals surface area (Å²) >= 11 is 0. The molecule has 0 radical (unpaired) electrons. The minimum atomic E-state index is -1.12. The van der Waals surface area contributed by atoms with Crippen LogP contribution in [-0.4, -0.2) is 39.4 Å². The third-order valence-electron chi connectivity index (χ3n) is 1.94. The molecule has 1 saturated heterocycles. The molecule has 0 aliphatic carbocycles. The van der Waals surface area contributed by atoms with Crippen molar-refractivity contribution in [2.75, 3.05) is 0 Å². The van der Waals surface area contributed by atoms with E-state index in [2.05, 4.69) is 0 Å². The Morgan fingerprint density at radius 3 is 2.36 bits per heavy atom. The minimum absolute atomic E-state index is 0.155. The quantitative estimate of drug-likeness (QED) is 0.473. The molecular formula is C7H14O4. The van der Waals surface area contributed by atoms with Crippen LogP contribution in [0.5, 0.6) is 0 Å². The van der Waals surface area contributed by atoms with Crippen molar-refractivity contribution in [2.24, 2.45) is 0 Å². The monoisotopic (exact) mass is 162 g/mol. The van der Waals surface area contributed by atoms with Crippen LogP contribution < -0.4 is 0 Å². The van der Waals surface area contributed by atoms with E-state index in [0.29, 0.717) is 0 Å². The number of ether oxygens (including phenoxy) is 1. The first kappa shape index (κ1) is 8.93. The number of rotatable bonds is 1. The first-order chi connectivity index (χ1) is 4.93. The van der Waals surface area contributed by atoms with Crippen LogP contribution in [0, 0.1) is 0 Å². The molecule has 0 spiro atoms. The molecule has 11 heavy (non-hydrogen) atoms. The Kier molecular flexibility index (Phi) is 2.20. The molecule has 0 unspecified atom stereocenters. The number of aliphatic hydroxyl groups is 3. The Morgan fingerprint density at radius 2 is 2.18 bits per heavy atom. The van der Waals surface area contributed by atoms with Gasteiger partial charge in [0.15, 0.2) is 6.29 Å². The largest absolute Gasteiger partial charge is 0.391 e. The Labute approximate surface area is 65.4 Å². The molecule has 1 fully saturated rings. The summed E-state index contributed by atoms with van der Waals surface area (Å²) in [5.74, 6) is 0. The van der Waals surface area contributed by atoms with Gasteiger partial charge in [0.2, 0.25) is 0 Å². The van der Waals surface area contributed by atoms with E-state index in [-0.39, 0.29) is 6.42 Å². The molecular weight excluding hydrogens is 148 g/mol. The van der Waals surface area contributed by atoms with Gasteiger partial charge < -0.3 is 20.1 Å². The molecule has 4 atom stereocenters. The number of aliphatic hydroxyl groups excluding tert-OH is 2. The van der Waals surface area contributed by atoms with Crippen LogP contribution in [0.3, 0.4) is 0 Å². The summed E-state index contributed by atoms with van der Waals surface area (Å²) in [5, 5.41) is 27.7. The summed E-state index contributed by atoms with van der Waals surface area (Å²) in [7, 11) is 0. The molecule has 0 saturated carbocycles. The van der Waals surface area contributed by atoms with Gasteiger partial charge in [-0.1, -0.05) is 0 Å². The van der Waals surface area contributed by atoms with Crippen molar-refractivity contribution in [3.05, 3.63) is 0 Å². The van der Waals surface area contributed by atoms with Gasteiger partial charge in [-0.25, -0.2) is 0 Å². The van der Waals surface area contributed by atoms with Gasteiger partial charge in [-0.2, -0.15) is 0 Å². The van der Waals surface area contributed by atoms with Gasteiger partial charge in [0.25, 0.3) is 0 Å². The fraction of sp³-hybridized carbons (Fsp3) is 1.00. The first-order valence-electron chi connectivity index (χ1n) is 3.67. The maximum atomic E-state index is 9.55. The molecule has 0 aromatic heterocycles. The zero-order valence-electron chi connectivity index (χ0n) is 6.69.